The fourth-order valence-electron chi connectivity index (χ4n) is 4.70. The van der Waals surface area contributed by atoms with E-state index >= 15 is 0 Å². The molecule has 1 aliphatic carbocycles. The van der Waals surface area contributed by atoms with Crippen molar-refractivity contribution in [3.05, 3.63) is 102 Å². The Morgan fingerprint density at radius 3 is 2.32 bits per heavy atom. The van der Waals surface area contributed by atoms with Crippen molar-refractivity contribution in [2.45, 2.75) is 44.4 Å². The van der Waals surface area contributed by atoms with Crippen molar-refractivity contribution in [2.75, 3.05) is 37.6 Å². The first-order valence-electron chi connectivity index (χ1n) is 13.1. The first-order valence-corrected chi connectivity index (χ1v) is 14.6. The van der Waals surface area contributed by atoms with E-state index < -0.39 is 10.0 Å². The highest BCUT2D eigenvalue weighted by Crippen LogP contribution is 2.29. The number of sulfonamides is 1. The Labute approximate surface area is 223 Å². The number of allylic oxidation sites excluding steroid dienone is 5. The molecule has 1 saturated heterocycles. The summed E-state index contributed by atoms with van der Waals surface area (Å²) in [4.78, 5) is 4.99. The minimum absolute atomic E-state index is 0.163. The van der Waals surface area contributed by atoms with Gasteiger partial charge in [0.1, 0.15) is 0 Å². The van der Waals surface area contributed by atoms with E-state index in [1.165, 1.54) is 16.7 Å². The zero-order valence-corrected chi connectivity index (χ0v) is 23.1. The molecule has 0 saturated carbocycles. The maximum Gasteiger partial charge on any atom is 0.238 e. The number of primary sulfonamides is 1. The molecule has 2 aliphatic rings. The van der Waals surface area contributed by atoms with Crippen LogP contribution in [0.2, 0.25) is 0 Å². The SMILES string of the molecule is C=C(/C=C\C)C(=C)CC.NS(=O)(=O)c1ccc(N2CCN(CCC3=CCCc4ccccc43)CC2)cc1. The van der Waals surface area contributed by atoms with Crippen LogP contribution >= 0.6 is 0 Å². The lowest BCUT2D eigenvalue weighted by Gasteiger charge is -2.36. The lowest BCUT2D eigenvalue weighted by Crippen LogP contribution is -2.46. The molecule has 1 aliphatic heterocycles. The van der Waals surface area contributed by atoms with Crippen molar-refractivity contribution in [1.82, 2.24) is 4.90 Å². The Hall–Kier alpha value is -2.93. The van der Waals surface area contributed by atoms with Crippen molar-refractivity contribution >= 4 is 21.3 Å². The Kier molecular flexibility index (Phi) is 10.5. The molecule has 2 aromatic rings. The Balaban J connectivity index is 0.000000364. The number of fused-ring (bicyclic) bond motifs is 1. The highest BCUT2D eigenvalue weighted by molar-refractivity contribution is 7.89. The van der Waals surface area contributed by atoms with Gasteiger partial charge in [-0.25, -0.2) is 13.6 Å². The molecule has 6 heteroatoms. The van der Waals surface area contributed by atoms with Gasteiger partial charge in [0.2, 0.25) is 10.0 Å². The van der Waals surface area contributed by atoms with Crippen LogP contribution in [0, 0.1) is 0 Å². The zero-order valence-electron chi connectivity index (χ0n) is 22.3. The van der Waals surface area contributed by atoms with Crippen molar-refractivity contribution in [2.24, 2.45) is 5.14 Å². The standard InChI is InChI=1S/C22H27N3O2S.C9H14/c23-28(26,27)21-10-8-20(9-11-21)25-16-14-24(15-17-25)13-12-19-6-3-5-18-4-1-2-7-22(18)19;1-5-7-9(4)8(3)6-2/h1-2,4,6-11H,3,5,12-17H2,(H2,23,26,27);5,7H,3-4,6H2,1-2H3/b;7-5-. The first kappa shape index (κ1) is 28.6. The fraction of sp³-hybridized carbons (Fsp3) is 0.355. The summed E-state index contributed by atoms with van der Waals surface area (Å²) in [5.74, 6) is 0. The molecule has 0 radical (unpaired) electrons. The number of rotatable bonds is 8. The van der Waals surface area contributed by atoms with Gasteiger partial charge in [-0.05, 0) is 84.7 Å². The number of aryl methyl sites for hydroxylation is 1. The van der Waals surface area contributed by atoms with E-state index in [0.29, 0.717) is 0 Å². The molecule has 1 fully saturated rings. The summed E-state index contributed by atoms with van der Waals surface area (Å²) >= 11 is 0. The van der Waals surface area contributed by atoms with E-state index in [-0.39, 0.29) is 4.90 Å². The molecule has 5 nitrogen and oxygen atoms in total. The number of piperazine rings is 1. The van der Waals surface area contributed by atoms with Crippen LogP contribution < -0.4 is 10.0 Å². The number of nitrogens with two attached hydrogens (primary N) is 1. The predicted octanol–water partition coefficient (Wildman–Crippen LogP) is 5.96. The summed E-state index contributed by atoms with van der Waals surface area (Å²) in [5, 5.41) is 5.18. The summed E-state index contributed by atoms with van der Waals surface area (Å²) in [7, 11) is -3.63. The van der Waals surface area contributed by atoms with Crippen molar-refractivity contribution in [1.29, 1.82) is 0 Å². The molecule has 0 aromatic heterocycles. The lowest BCUT2D eigenvalue weighted by molar-refractivity contribution is 0.264. The normalized spacial score (nSPS) is 16.0. The highest BCUT2D eigenvalue weighted by atomic mass is 32.2. The van der Waals surface area contributed by atoms with Crippen LogP contribution in [0.1, 0.15) is 44.2 Å². The predicted molar refractivity (Wildman–Crippen MR) is 157 cm³/mol. The Morgan fingerprint density at radius 2 is 1.70 bits per heavy atom. The second-order valence-electron chi connectivity index (χ2n) is 9.53. The van der Waals surface area contributed by atoms with Crippen molar-refractivity contribution < 1.29 is 8.42 Å². The molecular weight excluding hydrogens is 478 g/mol. The summed E-state index contributed by atoms with van der Waals surface area (Å²) in [6, 6.07) is 15.6. The summed E-state index contributed by atoms with van der Waals surface area (Å²) in [6.07, 6.45) is 10.8. The van der Waals surface area contributed by atoms with Gasteiger partial charge in [0.15, 0.2) is 0 Å². The average Bonchev–Trinajstić information content (AvgIpc) is 2.92. The molecule has 2 aromatic carbocycles. The van der Waals surface area contributed by atoms with Gasteiger partial charge in [0, 0.05) is 38.4 Å². The van der Waals surface area contributed by atoms with Crippen molar-refractivity contribution in [3.8, 4) is 0 Å². The van der Waals surface area contributed by atoms with Gasteiger partial charge < -0.3 is 4.90 Å². The maximum atomic E-state index is 11.4. The number of hydrogen-bond donors (Lipinski definition) is 1. The second-order valence-corrected chi connectivity index (χ2v) is 11.1. The van der Waals surface area contributed by atoms with Crippen LogP contribution in [0.3, 0.4) is 0 Å². The monoisotopic (exact) mass is 519 g/mol. The fourth-order valence-corrected chi connectivity index (χ4v) is 5.22. The molecule has 0 bridgehead atoms. The molecular formula is C31H41N3O2S. The van der Waals surface area contributed by atoms with E-state index in [9.17, 15) is 8.42 Å². The van der Waals surface area contributed by atoms with Gasteiger partial charge in [-0.15, -0.1) is 0 Å². The Morgan fingerprint density at radius 1 is 1.03 bits per heavy atom. The Bertz CT molecular complexity index is 1240. The van der Waals surface area contributed by atoms with Crippen LogP contribution in [0.4, 0.5) is 5.69 Å². The zero-order chi connectivity index (χ0) is 26.8. The quantitative estimate of drug-likeness (QED) is 0.437. The number of nitrogens with zero attached hydrogens (tertiary/aromatic N) is 2. The first-order chi connectivity index (χ1) is 17.7. The van der Waals surface area contributed by atoms with Crippen LogP contribution in [0.5, 0.6) is 0 Å². The maximum absolute atomic E-state index is 11.4. The van der Waals surface area contributed by atoms with Crippen molar-refractivity contribution in [3.63, 3.8) is 0 Å². The second kappa shape index (κ2) is 13.6. The van der Waals surface area contributed by atoms with Gasteiger partial charge in [-0.2, -0.15) is 0 Å². The highest BCUT2D eigenvalue weighted by Gasteiger charge is 2.19. The molecule has 0 spiro atoms. The number of benzene rings is 2. The van der Waals surface area contributed by atoms with E-state index in [0.717, 1.165) is 75.2 Å². The van der Waals surface area contributed by atoms with E-state index in [2.05, 4.69) is 60.2 Å². The van der Waals surface area contributed by atoms with Crippen LogP contribution in [0.25, 0.3) is 5.57 Å². The molecule has 0 amide bonds. The van der Waals surface area contributed by atoms with Gasteiger partial charge in [0.05, 0.1) is 4.90 Å². The molecule has 0 atom stereocenters. The smallest absolute Gasteiger partial charge is 0.238 e. The number of hydrogen-bond acceptors (Lipinski definition) is 4. The minimum atomic E-state index is -3.63. The van der Waals surface area contributed by atoms with Crippen LogP contribution in [-0.2, 0) is 16.4 Å². The van der Waals surface area contributed by atoms with E-state index in [1.807, 2.05) is 31.2 Å². The molecule has 2 N–H and O–H groups in total. The summed E-state index contributed by atoms with van der Waals surface area (Å²) < 4.78 is 22.8. The van der Waals surface area contributed by atoms with Gasteiger partial charge in [-0.1, -0.05) is 62.6 Å². The van der Waals surface area contributed by atoms with Gasteiger partial charge >= 0.3 is 0 Å². The molecule has 198 valence electrons. The largest absolute Gasteiger partial charge is 0.369 e. The van der Waals surface area contributed by atoms with Crippen LogP contribution in [0.15, 0.2) is 96.0 Å². The van der Waals surface area contributed by atoms with E-state index in [4.69, 9.17) is 5.14 Å². The molecule has 0 unspecified atom stereocenters. The third-order valence-electron chi connectivity index (χ3n) is 7.02. The number of anilines is 1. The molecule has 1 heterocycles. The minimum Gasteiger partial charge on any atom is -0.369 e. The molecule has 4 rings (SSSR count). The topological polar surface area (TPSA) is 66.6 Å². The summed E-state index contributed by atoms with van der Waals surface area (Å²) in [6.45, 7) is 16.7. The third-order valence-corrected chi connectivity index (χ3v) is 7.95. The summed E-state index contributed by atoms with van der Waals surface area (Å²) in [5.41, 5.74) is 7.61. The van der Waals surface area contributed by atoms with Gasteiger partial charge in [0.25, 0.3) is 0 Å². The average molecular weight is 520 g/mol. The third kappa shape index (κ3) is 8.29. The molecule has 37 heavy (non-hydrogen) atoms. The van der Waals surface area contributed by atoms with E-state index in [1.54, 1.807) is 12.1 Å². The lowest BCUT2D eigenvalue weighted by atomic mass is 9.89. The van der Waals surface area contributed by atoms with Crippen LogP contribution in [-0.4, -0.2) is 46.0 Å². The van der Waals surface area contributed by atoms with Gasteiger partial charge in [-0.3, -0.25) is 4.90 Å².